The SMILES string of the molecule is CCOC(=O)COc1c(Br)cc(C=NNC(=O)CC(=O)Nc2ccc(C)c(C)c2)cc1OCC. The van der Waals surface area contributed by atoms with Crippen molar-refractivity contribution in [3.63, 3.8) is 0 Å². The lowest BCUT2D eigenvalue weighted by Crippen LogP contribution is -2.24. The third-order valence-electron chi connectivity index (χ3n) is 4.49. The lowest BCUT2D eigenvalue weighted by atomic mass is 10.1. The highest BCUT2D eigenvalue weighted by Gasteiger charge is 2.14. The molecule has 2 aromatic carbocycles. The first kappa shape index (κ1) is 26.8. The van der Waals surface area contributed by atoms with E-state index in [2.05, 4.69) is 31.8 Å². The summed E-state index contributed by atoms with van der Waals surface area (Å²) < 4.78 is 16.5. The molecule has 0 atom stereocenters. The lowest BCUT2D eigenvalue weighted by Gasteiger charge is -2.14. The Morgan fingerprint density at radius 2 is 1.76 bits per heavy atom. The van der Waals surface area contributed by atoms with Gasteiger partial charge in [-0.25, -0.2) is 10.2 Å². The molecular formula is C24H28BrN3O6. The van der Waals surface area contributed by atoms with Crippen molar-refractivity contribution < 1.29 is 28.6 Å². The highest BCUT2D eigenvalue weighted by atomic mass is 79.9. The van der Waals surface area contributed by atoms with E-state index < -0.39 is 17.8 Å². The van der Waals surface area contributed by atoms with Crippen molar-refractivity contribution in [1.29, 1.82) is 0 Å². The zero-order chi connectivity index (χ0) is 25.1. The number of nitrogens with zero attached hydrogens (tertiary/aromatic N) is 1. The molecule has 0 saturated carbocycles. The number of nitrogens with one attached hydrogen (secondary N) is 2. The van der Waals surface area contributed by atoms with Crippen LogP contribution in [0.2, 0.25) is 0 Å². The highest BCUT2D eigenvalue weighted by Crippen LogP contribution is 2.36. The van der Waals surface area contributed by atoms with E-state index in [0.29, 0.717) is 33.8 Å². The number of ether oxygens (including phenoxy) is 3. The molecule has 34 heavy (non-hydrogen) atoms. The number of hydrogen-bond acceptors (Lipinski definition) is 7. The zero-order valence-corrected chi connectivity index (χ0v) is 21.2. The minimum Gasteiger partial charge on any atom is -0.490 e. The predicted octanol–water partition coefficient (Wildman–Crippen LogP) is 3.89. The Kier molecular flexibility index (Phi) is 10.5. The molecule has 0 unspecified atom stereocenters. The average molecular weight is 534 g/mol. The van der Waals surface area contributed by atoms with Crippen LogP contribution in [0.4, 0.5) is 5.69 Å². The third-order valence-corrected chi connectivity index (χ3v) is 5.08. The van der Waals surface area contributed by atoms with Crippen molar-refractivity contribution in [2.24, 2.45) is 5.10 Å². The number of halogens is 1. The summed E-state index contributed by atoms with van der Waals surface area (Å²) in [5.74, 6) is -0.760. The normalized spacial score (nSPS) is 10.6. The molecule has 0 heterocycles. The maximum atomic E-state index is 12.1. The molecule has 0 aliphatic heterocycles. The minimum absolute atomic E-state index is 0.260. The fourth-order valence-corrected chi connectivity index (χ4v) is 3.36. The number of aryl methyl sites for hydroxylation is 2. The van der Waals surface area contributed by atoms with Crippen LogP contribution in [0.25, 0.3) is 0 Å². The first-order valence-corrected chi connectivity index (χ1v) is 11.5. The Balaban J connectivity index is 1.96. The summed E-state index contributed by atoms with van der Waals surface area (Å²) in [6.45, 7) is 7.81. The van der Waals surface area contributed by atoms with Gasteiger partial charge in [-0.3, -0.25) is 9.59 Å². The number of carbonyl (C=O) groups excluding carboxylic acids is 3. The van der Waals surface area contributed by atoms with Crippen molar-refractivity contribution in [2.45, 2.75) is 34.1 Å². The maximum Gasteiger partial charge on any atom is 0.344 e. The number of hydrogen-bond donors (Lipinski definition) is 2. The Hall–Kier alpha value is -3.40. The number of amides is 2. The van der Waals surface area contributed by atoms with Gasteiger partial charge >= 0.3 is 5.97 Å². The van der Waals surface area contributed by atoms with E-state index in [9.17, 15) is 14.4 Å². The zero-order valence-electron chi connectivity index (χ0n) is 19.6. The second kappa shape index (κ2) is 13.3. The van der Waals surface area contributed by atoms with Gasteiger partial charge in [0.05, 0.1) is 23.9 Å². The number of hydrazone groups is 1. The molecule has 0 bridgehead atoms. The molecule has 10 heteroatoms. The van der Waals surface area contributed by atoms with E-state index in [4.69, 9.17) is 14.2 Å². The van der Waals surface area contributed by atoms with Crippen LogP contribution in [0.15, 0.2) is 39.9 Å². The predicted molar refractivity (Wildman–Crippen MR) is 132 cm³/mol. The van der Waals surface area contributed by atoms with E-state index in [1.165, 1.54) is 6.21 Å². The Bertz CT molecular complexity index is 1070. The van der Waals surface area contributed by atoms with Gasteiger partial charge in [0.1, 0.15) is 6.42 Å². The molecule has 2 amide bonds. The van der Waals surface area contributed by atoms with Crippen molar-refractivity contribution in [2.75, 3.05) is 25.1 Å². The second-order valence-corrected chi connectivity index (χ2v) is 8.03. The molecule has 0 aliphatic rings. The fourth-order valence-electron chi connectivity index (χ4n) is 2.79. The topological polar surface area (TPSA) is 115 Å². The lowest BCUT2D eigenvalue weighted by molar-refractivity contribution is -0.145. The van der Waals surface area contributed by atoms with Crippen molar-refractivity contribution >= 4 is 45.6 Å². The summed E-state index contributed by atoms with van der Waals surface area (Å²) in [4.78, 5) is 35.8. The summed E-state index contributed by atoms with van der Waals surface area (Å²) in [5.41, 5.74) is 5.71. The van der Waals surface area contributed by atoms with Crippen LogP contribution in [0.1, 0.15) is 37.0 Å². The monoisotopic (exact) mass is 533 g/mol. The molecule has 9 nitrogen and oxygen atoms in total. The number of esters is 1. The van der Waals surface area contributed by atoms with Crippen LogP contribution in [-0.4, -0.2) is 43.8 Å². The molecule has 0 spiro atoms. The minimum atomic E-state index is -0.559. The van der Waals surface area contributed by atoms with Gasteiger partial charge < -0.3 is 19.5 Å². The molecule has 2 aromatic rings. The van der Waals surface area contributed by atoms with Crippen LogP contribution in [0, 0.1) is 13.8 Å². The van der Waals surface area contributed by atoms with Crippen LogP contribution >= 0.6 is 15.9 Å². The van der Waals surface area contributed by atoms with Gasteiger partial charge in [-0.15, -0.1) is 0 Å². The Morgan fingerprint density at radius 1 is 1.00 bits per heavy atom. The van der Waals surface area contributed by atoms with Crippen LogP contribution in [0.3, 0.4) is 0 Å². The van der Waals surface area contributed by atoms with Gasteiger partial charge in [-0.1, -0.05) is 6.07 Å². The quantitative estimate of drug-likeness (QED) is 0.196. The summed E-state index contributed by atoms with van der Waals surface area (Å²) in [5, 5.41) is 6.59. The molecule has 2 rings (SSSR count). The molecule has 182 valence electrons. The summed E-state index contributed by atoms with van der Waals surface area (Å²) in [7, 11) is 0. The molecule has 0 saturated heterocycles. The van der Waals surface area contributed by atoms with Gasteiger partial charge in [0.15, 0.2) is 18.1 Å². The molecule has 0 aromatic heterocycles. The van der Waals surface area contributed by atoms with Crippen LogP contribution in [0.5, 0.6) is 11.5 Å². The molecule has 0 aliphatic carbocycles. The Labute approximate surface area is 207 Å². The van der Waals surface area contributed by atoms with E-state index >= 15 is 0 Å². The first-order chi connectivity index (χ1) is 16.2. The van der Waals surface area contributed by atoms with E-state index in [1.807, 2.05) is 32.9 Å². The van der Waals surface area contributed by atoms with Gasteiger partial charge in [-0.05, 0) is 84.6 Å². The van der Waals surface area contributed by atoms with Crippen molar-refractivity contribution in [1.82, 2.24) is 5.43 Å². The van der Waals surface area contributed by atoms with Crippen molar-refractivity contribution in [3.05, 3.63) is 51.5 Å². The molecule has 2 N–H and O–H groups in total. The second-order valence-electron chi connectivity index (χ2n) is 7.17. The van der Waals surface area contributed by atoms with Gasteiger partial charge in [0.2, 0.25) is 11.8 Å². The Morgan fingerprint density at radius 3 is 2.44 bits per heavy atom. The number of anilines is 1. The summed E-state index contributed by atoms with van der Waals surface area (Å²) >= 11 is 3.39. The number of benzene rings is 2. The number of rotatable bonds is 11. The highest BCUT2D eigenvalue weighted by molar-refractivity contribution is 9.10. The van der Waals surface area contributed by atoms with Crippen molar-refractivity contribution in [3.8, 4) is 11.5 Å². The van der Waals surface area contributed by atoms with E-state index in [-0.39, 0.29) is 19.6 Å². The standard InChI is InChI=1S/C24H28BrN3O6/c1-5-32-20-11-17(10-19(25)24(20)34-14-23(31)33-6-2)13-26-28-22(30)12-21(29)27-18-8-7-15(3)16(4)9-18/h7-11,13H,5-6,12,14H2,1-4H3,(H,27,29)(H,28,30). The van der Waals surface area contributed by atoms with E-state index in [1.54, 1.807) is 25.1 Å². The van der Waals surface area contributed by atoms with Crippen LogP contribution < -0.4 is 20.2 Å². The molecule has 0 radical (unpaired) electrons. The van der Waals surface area contributed by atoms with Crippen LogP contribution in [-0.2, 0) is 19.1 Å². The smallest absolute Gasteiger partial charge is 0.344 e. The molecule has 0 fully saturated rings. The summed E-state index contributed by atoms with van der Waals surface area (Å²) in [6, 6.07) is 8.86. The van der Waals surface area contributed by atoms with E-state index in [0.717, 1.165) is 11.1 Å². The number of carbonyl (C=O) groups is 3. The summed E-state index contributed by atoms with van der Waals surface area (Å²) in [6.07, 6.45) is 1.03. The average Bonchev–Trinajstić information content (AvgIpc) is 2.76. The molecular weight excluding hydrogens is 506 g/mol. The third kappa shape index (κ3) is 8.51. The van der Waals surface area contributed by atoms with Gasteiger partial charge in [-0.2, -0.15) is 5.10 Å². The maximum absolute atomic E-state index is 12.1. The largest absolute Gasteiger partial charge is 0.490 e. The first-order valence-electron chi connectivity index (χ1n) is 10.7. The van der Waals surface area contributed by atoms with Gasteiger partial charge in [0.25, 0.3) is 0 Å². The van der Waals surface area contributed by atoms with Gasteiger partial charge in [0, 0.05) is 5.69 Å². The fraction of sp³-hybridized carbons (Fsp3) is 0.333.